The molecule has 0 aliphatic carbocycles. The van der Waals surface area contributed by atoms with Gasteiger partial charge in [-0.05, 0) is 6.92 Å². The number of hydrazone groups is 1. The Labute approximate surface area is 70.8 Å². The van der Waals surface area contributed by atoms with Gasteiger partial charge in [0, 0.05) is 7.05 Å². The van der Waals surface area contributed by atoms with Crippen molar-refractivity contribution in [1.29, 1.82) is 0 Å². The normalized spacial score (nSPS) is 10.9. The molecule has 0 aliphatic rings. The number of nitrogens with zero attached hydrogens (tertiary/aromatic N) is 3. The molecule has 0 atom stereocenters. The molecule has 5 nitrogen and oxygen atoms in total. The van der Waals surface area contributed by atoms with E-state index in [0.717, 1.165) is 11.3 Å². The molecule has 5 heteroatoms. The van der Waals surface area contributed by atoms with Gasteiger partial charge in [0.2, 0.25) is 5.88 Å². The second-order valence-corrected chi connectivity index (χ2v) is 2.41. The van der Waals surface area contributed by atoms with Crippen LogP contribution in [0.4, 0.5) is 0 Å². The summed E-state index contributed by atoms with van der Waals surface area (Å²) in [5.41, 5.74) is 1.67. The number of methoxy groups -OCH3 is 1. The fourth-order valence-corrected chi connectivity index (χ4v) is 1.12. The molecule has 1 rings (SSSR count). The van der Waals surface area contributed by atoms with Gasteiger partial charge in [-0.15, -0.1) is 0 Å². The lowest BCUT2D eigenvalue weighted by Crippen LogP contribution is -1.97. The first-order chi connectivity index (χ1) is 5.70. The average Bonchev–Trinajstić information content (AvgIpc) is 2.28. The third-order valence-corrected chi connectivity index (χ3v) is 1.61. The molecule has 0 aliphatic heterocycles. The summed E-state index contributed by atoms with van der Waals surface area (Å²) in [4.78, 5) is 0. The smallest absolute Gasteiger partial charge is 0.220 e. The molecule has 1 heterocycles. The van der Waals surface area contributed by atoms with E-state index in [1.54, 1.807) is 18.8 Å². The van der Waals surface area contributed by atoms with Crippen molar-refractivity contribution >= 4 is 6.21 Å². The summed E-state index contributed by atoms with van der Waals surface area (Å²) in [6, 6.07) is 0. The van der Waals surface area contributed by atoms with Crippen molar-refractivity contribution < 1.29 is 4.74 Å². The molecular formula is C7H12N4O. The summed E-state index contributed by atoms with van der Waals surface area (Å²) < 4.78 is 6.75. The van der Waals surface area contributed by atoms with E-state index in [2.05, 4.69) is 10.2 Å². The van der Waals surface area contributed by atoms with E-state index >= 15 is 0 Å². The largest absolute Gasteiger partial charge is 0.481 e. The van der Waals surface area contributed by atoms with E-state index in [4.69, 9.17) is 10.6 Å². The maximum atomic E-state index is 5.10. The van der Waals surface area contributed by atoms with E-state index in [1.807, 2.05) is 6.92 Å². The van der Waals surface area contributed by atoms with Crippen LogP contribution in [-0.4, -0.2) is 23.1 Å². The van der Waals surface area contributed by atoms with Crippen molar-refractivity contribution in [3.05, 3.63) is 11.3 Å². The van der Waals surface area contributed by atoms with E-state index in [1.165, 1.54) is 6.21 Å². The quantitative estimate of drug-likeness (QED) is 0.385. The third kappa shape index (κ3) is 1.25. The van der Waals surface area contributed by atoms with Crippen LogP contribution in [0, 0.1) is 6.92 Å². The summed E-state index contributed by atoms with van der Waals surface area (Å²) in [6.07, 6.45) is 1.53. The highest BCUT2D eigenvalue weighted by molar-refractivity contribution is 5.84. The lowest BCUT2D eigenvalue weighted by molar-refractivity contribution is 0.373. The van der Waals surface area contributed by atoms with Crippen molar-refractivity contribution in [2.24, 2.45) is 18.0 Å². The Bertz CT molecular complexity index is 303. The molecule has 66 valence electrons. The first-order valence-corrected chi connectivity index (χ1v) is 3.51. The van der Waals surface area contributed by atoms with Crippen LogP contribution in [0.3, 0.4) is 0 Å². The van der Waals surface area contributed by atoms with Gasteiger partial charge in [-0.1, -0.05) is 0 Å². The fraction of sp³-hybridized carbons (Fsp3) is 0.429. The standard InChI is InChI=1S/C7H12N4O/c1-5-6(4-9-8)7(12-3)11(2)10-5/h4H,8H2,1-3H3/b9-4+. The van der Waals surface area contributed by atoms with Gasteiger partial charge in [0.1, 0.15) is 0 Å². The van der Waals surface area contributed by atoms with E-state index < -0.39 is 0 Å². The van der Waals surface area contributed by atoms with Crippen molar-refractivity contribution in [2.75, 3.05) is 7.11 Å². The minimum atomic E-state index is 0.668. The Kier molecular flexibility index (Phi) is 2.32. The summed E-state index contributed by atoms with van der Waals surface area (Å²) >= 11 is 0. The zero-order valence-corrected chi connectivity index (χ0v) is 7.40. The molecule has 1 aromatic heterocycles. The number of hydrogen-bond acceptors (Lipinski definition) is 4. The van der Waals surface area contributed by atoms with Gasteiger partial charge in [-0.2, -0.15) is 10.2 Å². The topological polar surface area (TPSA) is 65.4 Å². The molecule has 0 unspecified atom stereocenters. The van der Waals surface area contributed by atoms with E-state index in [9.17, 15) is 0 Å². The van der Waals surface area contributed by atoms with Gasteiger partial charge in [-0.3, -0.25) is 0 Å². The first kappa shape index (κ1) is 8.58. The van der Waals surface area contributed by atoms with Gasteiger partial charge < -0.3 is 10.6 Å². The Morgan fingerprint density at radius 2 is 2.33 bits per heavy atom. The predicted octanol–water partition coefficient (Wildman–Crippen LogP) is 0.0297. The van der Waals surface area contributed by atoms with Gasteiger partial charge >= 0.3 is 0 Å². The van der Waals surface area contributed by atoms with Crippen LogP contribution in [0.2, 0.25) is 0 Å². The molecule has 12 heavy (non-hydrogen) atoms. The molecule has 0 bridgehead atoms. The van der Waals surface area contributed by atoms with Crippen LogP contribution in [0.1, 0.15) is 11.3 Å². The van der Waals surface area contributed by atoms with Gasteiger partial charge in [0.15, 0.2) is 0 Å². The molecule has 2 N–H and O–H groups in total. The lowest BCUT2D eigenvalue weighted by Gasteiger charge is -1.99. The van der Waals surface area contributed by atoms with Crippen LogP contribution in [0.15, 0.2) is 5.10 Å². The van der Waals surface area contributed by atoms with Crippen molar-refractivity contribution in [3.63, 3.8) is 0 Å². The fourth-order valence-electron chi connectivity index (χ4n) is 1.12. The molecule has 0 fully saturated rings. The van der Waals surface area contributed by atoms with Crippen LogP contribution < -0.4 is 10.6 Å². The average molecular weight is 168 g/mol. The first-order valence-electron chi connectivity index (χ1n) is 3.51. The molecule has 0 aromatic carbocycles. The van der Waals surface area contributed by atoms with Crippen LogP contribution >= 0.6 is 0 Å². The summed E-state index contributed by atoms with van der Waals surface area (Å²) in [5, 5.41) is 7.58. The molecule has 1 aromatic rings. The maximum Gasteiger partial charge on any atom is 0.220 e. The highest BCUT2D eigenvalue weighted by Gasteiger charge is 2.10. The summed E-state index contributed by atoms with van der Waals surface area (Å²) in [7, 11) is 3.39. The number of aromatic nitrogens is 2. The Morgan fingerprint density at radius 3 is 2.83 bits per heavy atom. The van der Waals surface area contributed by atoms with Crippen molar-refractivity contribution in [3.8, 4) is 5.88 Å². The van der Waals surface area contributed by atoms with Gasteiger partial charge in [-0.25, -0.2) is 4.68 Å². The van der Waals surface area contributed by atoms with E-state index in [-0.39, 0.29) is 0 Å². The zero-order valence-electron chi connectivity index (χ0n) is 7.40. The van der Waals surface area contributed by atoms with Crippen molar-refractivity contribution in [2.45, 2.75) is 6.92 Å². The maximum absolute atomic E-state index is 5.10. The molecule has 0 radical (unpaired) electrons. The zero-order chi connectivity index (χ0) is 9.14. The van der Waals surface area contributed by atoms with Crippen molar-refractivity contribution in [1.82, 2.24) is 9.78 Å². The number of aryl methyl sites for hydroxylation is 2. The number of nitrogens with two attached hydrogens (primary N) is 1. The monoisotopic (exact) mass is 168 g/mol. The lowest BCUT2D eigenvalue weighted by atomic mass is 10.3. The third-order valence-electron chi connectivity index (χ3n) is 1.61. The molecule has 0 spiro atoms. The Balaban J connectivity index is 3.22. The van der Waals surface area contributed by atoms with Gasteiger partial charge in [0.05, 0.1) is 24.6 Å². The molecule has 0 saturated heterocycles. The molecule has 0 amide bonds. The molecule has 0 saturated carbocycles. The highest BCUT2D eigenvalue weighted by atomic mass is 16.5. The van der Waals surface area contributed by atoms with Crippen LogP contribution in [0.25, 0.3) is 0 Å². The predicted molar refractivity (Wildman–Crippen MR) is 46.3 cm³/mol. The minimum Gasteiger partial charge on any atom is -0.481 e. The second-order valence-electron chi connectivity index (χ2n) is 2.41. The number of hydrogen-bond donors (Lipinski definition) is 1. The molecular weight excluding hydrogens is 156 g/mol. The van der Waals surface area contributed by atoms with E-state index in [0.29, 0.717) is 5.88 Å². The number of ether oxygens (including phenoxy) is 1. The summed E-state index contributed by atoms with van der Waals surface area (Å²) in [5.74, 6) is 5.71. The summed E-state index contributed by atoms with van der Waals surface area (Å²) in [6.45, 7) is 1.87. The van der Waals surface area contributed by atoms with Gasteiger partial charge in [0.25, 0.3) is 0 Å². The Morgan fingerprint density at radius 1 is 1.67 bits per heavy atom. The number of rotatable bonds is 2. The minimum absolute atomic E-state index is 0.668. The highest BCUT2D eigenvalue weighted by Crippen LogP contribution is 2.17. The SMILES string of the molecule is COc1c(/C=N/N)c(C)nn1C. The van der Waals surface area contributed by atoms with Crippen LogP contribution in [-0.2, 0) is 7.05 Å². The Hall–Kier alpha value is -1.52. The van der Waals surface area contributed by atoms with Crippen LogP contribution in [0.5, 0.6) is 5.88 Å². The second kappa shape index (κ2) is 3.25.